The van der Waals surface area contributed by atoms with E-state index in [2.05, 4.69) is 21.3 Å². The van der Waals surface area contributed by atoms with Gasteiger partial charge in [-0.15, -0.1) is 0 Å². The Kier molecular flexibility index (Phi) is 15.6. The number of aliphatic hydroxyl groups is 2. The molecule has 2 atom stereocenters. The van der Waals surface area contributed by atoms with Crippen LogP contribution in [-0.4, -0.2) is 85.0 Å². The minimum atomic E-state index is -0.276. The van der Waals surface area contributed by atoms with Gasteiger partial charge >= 0.3 is 0 Å². The number of hydrogen-bond donors (Lipinski definition) is 6. The van der Waals surface area contributed by atoms with Gasteiger partial charge in [0.2, 0.25) is 11.8 Å². The molecule has 0 saturated heterocycles. The van der Waals surface area contributed by atoms with Crippen molar-refractivity contribution in [3.63, 3.8) is 0 Å². The van der Waals surface area contributed by atoms with E-state index < -0.39 is 0 Å². The summed E-state index contributed by atoms with van der Waals surface area (Å²) in [4.78, 5) is 23.1. The van der Waals surface area contributed by atoms with Crippen molar-refractivity contribution in [2.24, 2.45) is 0 Å². The van der Waals surface area contributed by atoms with E-state index in [4.69, 9.17) is 10.2 Å². The molecule has 0 radical (unpaired) electrons. The number of amides is 2. The summed E-state index contributed by atoms with van der Waals surface area (Å²) in [5, 5.41) is 28.7. The standard InChI is InChI=1S/C14H30N4O4S2/c1-11(13(21)17-3-7-19)15-5-9-23-24-10-6-16-12(2)14(22)18-4-8-20/h11-12,15-16,19-20H,3-10H2,1-2H3,(H,17,21)(H,18,22). The number of hydrogen-bond acceptors (Lipinski definition) is 8. The van der Waals surface area contributed by atoms with E-state index in [1.165, 1.54) is 0 Å². The second-order valence-corrected chi connectivity index (χ2v) is 7.73. The van der Waals surface area contributed by atoms with Gasteiger partial charge < -0.3 is 31.5 Å². The molecular weight excluding hydrogens is 352 g/mol. The van der Waals surface area contributed by atoms with Crippen LogP contribution >= 0.6 is 21.6 Å². The van der Waals surface area contributed by atoms with E-state index in [1.807, 2.05) is 0 Å². The lowest BCUT2D eigenvalue weighted by Gasteiger charge is -2.14. The highest BCUT2D eigenvalue weighted by Gasteiger charge is 2.11. The maximum atomic E-state index is 11.5. The minimum absolute atomic E-state index is 0.0549. The van der Waals surface area contributed by atoms with Crippen molar-refractivity contribution in [1.29, 1.82) is 0 Å². The summed E-state index contributed by atoms with van der Waals surface area (Å²) in [5.74, 6) is 1.52. The van der Waals surface area contributed by atoms with E-state index in [1.54, 1.807) is 35.4 Å². The van der Waals surface area contributed by atoms with Gasteiger partial charge in [-0.3, -0.25) is 9.59 Å². The average molecular weight is 383 g/mol. The van der Waals surface area contributed by atoms with Crippen LogP contribution in [0, 0.1) is 0 Å². The third kappa shape index (κ3) is 12.8. The molecule has 0 aliphatic rings. The summed E-state index contributed by atoms with van der Waals surface area (Å²) in [7, 11) is 3.42. The average Bonchev–Trinajstić information content (AvgIpc) is 2.59. The Morgan fingerprint density at radius 2 is 1.17 bits per heavy atom. The lowest BCUT2D eigenvalue weighted by atomic mass is 10.3. The van der Waals surface area contributed by atoms with Gasteiger partial charge in [-0.25, -0.2) is 0 Å². The van der Waals surface area contributed by atoms with Crippen molar-refractivity contribution in [3.8, 4) is 0 Å². The van der Waals surface area contributed by atoms with Crippen LogP contribution in [0.15, 0.2) is 0 Å². The Morgan fingerprint density at radius 1 is 0.792 bits per heavy atom. The highest BCUT2D eigenvalue weighted by Crippen LogP contribution is 2.19. The quantitative estimate of drug-likeness (QED) is 0.150. The van der Waals surface area contributed by atoms with Gasteiger partial charge in [-0.2, -0.15) is 0 Å². The fourth-order valence-corrected chi connectivity index (χ4v) is 3.45. The van der Waals surface area contributed by atoms with Crippen LogP contribution in [0.2, 0.25) is 0 Å². The maximum Gasteiger partial charge on any atom is 0.236 e. The summed E-state index contributed by atoms with van der Waals surface area (Å²) >= 11 is 0. The number of rotatable bonds is 15. The molecule has 0 fully saturated rings. The molecule has 2 amide bonds. The molecule has 0 saturated carbocycles. The summed E-state index contributed by atoms with van der Waals surface area (Å²) in [6, 6.07) is -0.552. The Hall–Kier alpha value is -0.520. The molecule has 0 aromatic carbocycles. The lowest BCUT2D eigenvalue weighted by Crippen LogP contribution is -2.43. The van der Waals surface area contributed by atoms with Crippen molar-refractivity contribution in [3.05, 3.63) is 0 Å². The first-order valence-electron chi connectivity index (χ1n) is 8.01. The molecule has 24 heavy (non-hydrogen) atoms. The molecule has 0 aliphatic carbocycles. The summed E-state index contributed by atoms with van der Waals surface area (Å²) in [6.07, 6.45) is 0. The van der Waals surface area contributed by atoms with Crippen molar-refractivity contribution >= 4 is 33.4 Å². The van der Waals surface area contributed by atoms with Crippen LogP contribution in [0.4, 0.5) is 0 Å². The number of carbonyl (C=O) groups excluding carboxylic acids is 2. The van der Waals surface area contributed by atoms with Gasteiger partial charge in [0.05, 0.1) is 25.3 Å². The van der Waals surface area contributed by atoms with E-state index in [9.17, 15) is 9.59 Å². The first kappa shape index (κ1) is 23.5. The molecule has 0 rings (SSSR count). The lowest BCUT2D eigenvalue weighted by molar-refractivity contribution is -0.123. The van der Waals surface area contributed by atoms with Crippen LogP contribution in [-0.2, 0) is 9.59 Å². The Morgan fingerprint density at radius 3 is 1.50 bits per heavy atom. The Balaban J connectivity index is 3.47. The Labute approximate surface area is 151 Å². The largest absolute Gasteiger partial charge is 0.395 e. The van der Waals surface area contributed by atoms with Gasteiger partial charge in [0, 0.05) is 37.7 Å². The first-order valence-corrected chi connectivity index (χ1v) is 10.5. The fourth-order valence-electron chi connectivity index (χ4n) is 1.60. The zero-order valence-corrected chi connectivity index (χ0v) is 16.0. The molecule has 0 bridgehead atoms. The molecule has 0 spiro atoms. The molecule has 0 aliphatic heterocycles. The SMILES string of the molecule is CC(NCCSSCCNC(C)C(=O)NCCO)C(=O)NCCO. The van der Waals surface area contributed by atoms with E-state index in [-0.39, 0.29) is 50.2 Å². The number of nitrogens with one attached hydrogen (secondary N) is 4. The summed E-state index contributed by atoms with van der Waals surface area (Å²) in [6.45, 7) is 5.46. The smallest absolute Gasteiger partial charge is 0.236 e. The molecule has 0 aromatic rings. The van der Waals surface area contributed by atoms with Gasteiger partial charge in [-0.1, -0.05) is 21.6 Å². The van der Waals surface area contributed by atoms with Crippen LogP contribution in [0.25, 0.3) is 0 Å². The second kappa shape index (κ2) is 16.0. The highest BCUT2D eigenvalue weighted by atomic mass is 33.1. The van der Waals surface area contributed by atoms with Crippen molar-refractivity contribution < 1.29 is 19.8 Å². The number of aliphatic hydroxyl groups excluding tert-OH is 2. The van der Waals surface area contributed by atoms with E-state index in [0.29, 0.717) is 0 Å². The minimum Gasteiger partial charge on any atom is -0.395 e. The molecule has 2 unspecified atom stereocenters. The molecule has 0 heterocycles. The third-order valence-electron chi connectivity index (χ3n) is 2.96. The van der Waals surface area contributed by atoms with Crippen molar-refractivity contribution in [1.82, 2.24) is 21.3 Å². The monoisotopic (exact) mass is 382 g/mol. The molecule has 0 aromatic heterocycles. The van der Waals surface area contributed by atoms with E-state index in [0.717, 1.165) is 24.6 Å². The molecule has 8 nitrogen and oxygen atoms in total. The predicted molar refractivity (Wildman–Crippen MR) is 100 cm³/mol. The molecular formula is C14H30N4O4S2. The van der Waals surface area contributed by atoms with Crippen molar-refractivity contribution in [2.45, 2.75) is 25.9 Å². The second-order valence-electron chi connectivity index (χ2n) is 5.02. The normalized spacial score (nSPS) is 13.3. The van der Waals surface area contributed by atoms with E-state index >= 15 is 0 Å². The van der Waals surface area contributed by atoms with Crippen molar-refractivity contribution in [2.75, 3.05) is 50.9 Å². The van der Waals surface area contributed by atoms with Gasteiger partial charge in [0.25, 0.3) is 0 Å². The van der Waals surface area contributed by atoms with Crippen LogP contribution in [0.5, 0.6) is 0 Å². The molecule has 6 N–H and O–H groups in total. The van der Waals surface area contributed by atoms with Crippen LogP contribution in [0.3, 0.4) is 0 Å². The van der Waals surface area contributed by atoms with Gasteiger partial charge in [0.15, 0.2) is 0 Å². The first-order chi connectivity index (χ1) is 11.5. The Bertz CT molecular complexity index is 319. The third-order valence-corrected chi connectivity index (χ3v) is 5.37. The summed E-state index contributed by atoms with van der Waals surface area (Å²) in [5.41, 5.74) is 0. The summed E-state index contributed by atoms with van der Waals surface area (Å²) < 4.78 is 0. The van der Waals surface area contributed by atoms with Gasteiger partial charge in [0.1, 0.15) is 0 Å². The zero-order chi connectivity index (χ0) is 18.2. The topological polar surface area (TPSA) is 123 Å². The predicted octanol–water partition coefficient (Wildman–Crippen LogP) is -1.46. The maximum absolute atomic E-state index is 11.5. The van der Waals surface area contributed by atoms with Crippen LogP contribution < -0.4 is 21.3 Å². The zero-order valence-electron chi connectivity index (χ0n) is 14.3. The number of carbonyl (C=O) groups is 2. The molecule has 142 valence electrons. The van der Waals surface area contributed by atoms with Crippen LogP contribution in [0.1, 0.15) is 13.8 Å². The highest BCUT2D eigenvalue weighted by molar-refractivity contribution is 8.76. The molecule has 10 heteroatoms. The fraction of sp³-hybridized carbons (Fsp3) is 0.857. The van der Waals surface area contributed by atoms with Gasteiger partial charge in [-0.05, 0) is 13.8 Å².